The average Bonchev–Trinajstić information content (AvgIpc) is 3.11. The van der Waals surface area contributed by atoms with E-state index in [1.54, 1.807) is 0 Å². The van der Waals surface area contributed by atoms with Crippen LogP contribution in [0.2, 0.25) is 5.02 Å². The van der Waals surface area contributed by atoms with E-state index in [0.29, 0.717) is 12.3 Å². The molecular formula is C19H25Cl2N5O. The number of rotatable bonds is 4. The van der Waals surface area contributed by atoms with Crippen molar-refractivity contribution >= 4 is 29.9 Å². The Labute approximate surface area is 170 Å². The Hall–Kier alpha value is -1.63. The lowest BCUT2D eigenvalue weighted by Gasteiger charge is -2.32. The van der Waals surface area contributed by atoms with E-state index >= 15 is 0 Å². The van der Waals surface area contributed by atoms with Crippen LogP contribution in [-0.4, -0.2) is 45.2 Å². The largest absolute Gasteiger partial charge is 0.343 e. The summed E-state index contributed by atoms with van der Waals surface area (Å²) < 4.78 is 2.26. The monoisotopic (exact) mass is 409 g/mol. The van der Waals surface area contributed by atoms with Gasteiger partial charge < -0.3 is 14.8 Å². The second-order valence-corrected chi connectivity index (χ2v) is 7.52. The summed E-state index contributed by atoms with van der Waals surface area (Å²) in [6.07, 6.45) is 3.26. The van der Waals surface area contributed by atoms with Crippen molar-refractivity contribution in [3.8, 4) is 0 Å². The number of benzene rings is 1. The van der Waals surface area contributed by atoms with Crippen LogP contribution in [0.3, 0.4) is 0 Å². The van der Waals surface area contributed by atoms with Crippen LogP contribution in [0.1, 0.15) is 42.4 Å². The second kappa shape index (κ2) is 9.04. The van der Waals surface area contributed by atoms with Crippen molar-refractivity contribution in [3.05, 3.63) is 46.5 Å². The molecule has 0 unspecified atom stereocenters. The van der Waals surface area contributed by atoms with Crippen molar-refractivity contribution in [1.29, 1.82) is 0 Å². The van der Waals surface area contributed by atoms with Crippen LogP contribution in [0.15, 0.2) is 24.3 Å². The lowest BCUT2D eigenvalue weighted by Crippen LogP contribution is -2.39. The van der Waals surface area contributed by atoms with Gasteiger partial charge in [0.15, 0.2) is 0 Å². The number of carbonyl (C=O) groups is 1. The highest BCUT2D eigenvalue weighted by Crippen LogP contribution is 2.28. The number of halogens is 2. The van der Waals surface area contributed by atoms with Gasteiger partial charge in [-0.1, -0.05) is 23.7 Å². The third-order valence-electron chi connectivity index (χ3n) is 5.40. The molecule has 146 valence electrons. The fraction of sp³-hybridized carbons (Fsp3) is 0.526. The van der Waals surface area contributed by atoms with Crippen molar-refractivity contribution in [2.45, 2.75) is 44.7 Å². The molecule has 0 spiro atoms. The summed E-state index contributed by atoms with van der Waals surface area (Å²) in [5.74, 6) is 2.79. The molecule has 0 saturated carbocycles. The van der Waals surface area contributed by atoms with Gasteiger partial charge in [0.2, 0.25) is 5.91 Å². The van der Waals surface area contributed by atoms with Gasteiger partial charge in [-0.15, -0.1) is 22.6 Å². The summed E-state index contributed by atoms with van der Waals surface area (Å²) in [5, 5.41) is 12.8. The Bertz CT molecular complexity index is 769. The summed E-state index contributed by atoms with van der Waals surface area (Å²) in [6.45, 7) is 4.34. The normalized spacial score (nSPS) is 17.3. The van der Waals surface area contributed by atoms with Gasteiger partial charge in [-0.3, -0.25) is 4.79 Å². The van der Waals surface area contributed by atoms with Gasteiger partial charge in [-0.05, 0) is 37.0 Å². The molecule has 1 N–H and O–H groups in total. The number of piperidine rings is 1. The minimum absolute atomic E-state index is 0. The van der Waals surface area contributed by atoms with Crippen molar-refractivity contribution < 1.29 is 4.79 Å². The molecule has 4 rings (SSSR count). The first-order valence-corrected chi connectivity index (χ1v) is 9.73. The van der Waals surface area contributed by atoms with Crippen LogP contribution < -0.4 is 5.32 Å². The van der Waals surface area contributed by atoms with E-state index in [0.717, 1.165) is 74.2 Å². The average molecular weight is 410 g/mol. The number of hydrogen-bond donors (Lipinski definition) is 1. The van der Waals surface area contributed by atoms with Crippen LogP contribution in [-0.2, 0) is 24.3 Å². The number of amides is 1. The van der Waals surface area contributed by atoms with Gasteiger partial charge in [-0.2, -0.15) is 0 Å². The van der Waals surface area contributed by atoms with E-state index in [9.17, 15) is 4.79 Å². The van der Waals surface area contributed by atoms with Crippen molar-refractivity contribution in [2.75, 3.05) is 19.6 Å². The number of likely N-dealkylation sites (tertiary alicyclic amines) is 1. The maximum atomic E-state index is 12.5. The van der Waals surface area contributed by atoms with Gasteiger partial charge in [0.05, 0.1) is 6.54 Å². The molecule has 1 amide bonds. The summed E-state index contributed by atoms with van der Waals surface area (Å²) in [5.41, 5.74) is 1.15. The molecule has 1 aromatic carbocycles. The Balaban J connectivity index is 0.00000210. The van der Waals surface area contributed by atoms with Crippen LogP contribution in [0.5, 0.6) is 0 Å². The zero-order valence-electron chi connectivity index (χ0n) is 15.2. The maximum absolute atomic E-state index is 12.5. The minimum Gasteiger partial charge on any atom is -0.343 e. The van der Waals surface area contributed by atoms with E-state index in [4.69, 9.17) is 11.6 Å². The number of nitrogens with zero attached hydrogens (tertiary/aromatic N) is 4. The first-order valence-electron chi connectivity index (χ1n) is 9.35. The quantitative estimate of drug-likeness (QED) is 0.842. The fourth-order valence-electron chi connectivity index (χ4n) is 3.86. The molecule has 0 aliphatic carbocycles. The third-order valence-corrected chi connectivity index (χ3v) is 5.66. The van der Waals surface area contributed by atoms with Crippen LogP contribution in [0.4, 0.5) is 0 Å². The Morgan fingerprint density at radius 2 is 1.89 bits per heavy atom. The Morgan fingerprint density at radius 1 is 1.15 bits per heavy atom. The second-order valence-electron chi connectivity index (χ2n) is 7.08. The van der Waals surface area contributed by atoms with E-state index in [-0.39, 0.29) is 18.3 Å². The number of nitrogens with one attached hydrogen (secondary N) is 1. The summed E-state index contributed by atoms with van der Waals surface area (Å²) in [6, 6.07) is 7.74. The summed E-state index contributed by atoms with van der Waals surface area (Å²) >= 11 is 5.91. The minimum atomic E-state index is 0. The number of hydrogen-bond acceptors (Lipinski definition) is 4. The molecule has 1 aromatic heterocycles. The number of fused-ring (bicyclic) bond motifs is 1. The van der Waals surface area contributed by atoms with Crippen molar-refractivity contribution in [3.63, 3.8) is 0 Å². The fourth-order valence-corrected chi connectivity index (χ4v) is 3.99. The van der Waals surface area contributed by atoms with Crippen LogP contribution >= 0.6 is 24.0 Å². The van der Waals surface area contributed by atoms with Crippen molar-refractivity contribution in [1.82, 2.24) is 25.0 Å². The SMILES string of the molecule is Cl.O=C(CCc1ccc(Cl)cc1)N1CCC(c2nnc3n2CCNC3)CC1. The van der Waals surface area contributed by atoms with E-state index < -0.39 is 0 Å². The molecule has 0 radical (unpaired) electrons. The first-order chi connectivity index (χ1) is 12.7. The predicted molar refractivity (Wildman–Crippen MR) is 107 cm³/mol. The molecule has 0 bridgehead atoms. The van der Waals surface area contributed by atoms with Gasteiger partial charge in [0.1, 0.15) is 11.6 Å². The molecule has 27 heavy (non-hydrogen) atoms. The lowest BCUT2D eigenvalue weighted by molar-refractivity contribution is -0.132. The molecule has 8 heteroatoms. The van der Waals surface area contributed by atoms with Crippen LogP contribution in [0, 0.1) is 0 Å². The van der Waals surface area contributed by atoms with Gasteiger partial charge in [-0.25, -0.2) is 0 Å². The molecule has 2 aromatic rings. The van der Waals surface area contributed by atoms with Gasteiger partial charge in [0, 0.05) is 43.5 Å². The highest BCUT2D eigenvalue weighted by molar-refractivity contribution is 6.30. The molecule has 1 saturated heterocycles. The zero-order chi connectivity index (χ0) is 17.9. The molecule has 0 atom stereocenters. The molecule has 2 aliphatic heterocycles. The number of aromatic nitrogens is 3. The summed E-state index contributed by atoms with van der Waals surface area (Å²) in [7, 11) is 0. The maximum Gasteiger partial charge on any atom is 0.222 e. The molecule has 1 fully saturated rings. The Morgan fingerprint density at radius 3 is 2.63 bits per heavy atom. The highest BCUT2D eigenvalue weighted by atomic mass is 35.5. The highest BCUT2D eigenvalue weighted by Gasteiger charge is 2.28. The number of aryl methyl sites for hydroxylation is 1. The van der Waals surface area contributed by atoms with Crippen molar-refractivity contribution in [2.24, 2.45) is 0 Å². The standard InChI is InChI=1S/C19H24ClN5O.ClH/c20-16-4-1-14(2-5-16)3-6-18(26)24-10-7-15(8-11-24)19-23-22-17-13-21-9-12-25(17)19;/h1-2,4-5,15,21H,3,6-13H2;1H. The lowest BCUT2D eigenvalue weighted by atomic mass is 9.95. The number of carbonyl (C=O) groups excluding carboxylic acids is 1. The first kappa shape index (κ1) is 20.1. The molecule has 6 nitrogen and oxygen atoms in total. The van der Waals surface area contributed by atoms with E-state index in [2.05, 4.69) is 20.1 Å². The molecule has 3 heterocycles. The molecular weight excluding hydrogens is 385 g/mol. The summed E-state index contributed by atoms with van der Waals surface area (Å²) in [4.78, 5) is 14.5. The predicted octanol–water partition coefficient (Wildman–Crippen LogP) is 2.80. The topological polar surface area (TPSA) is 63.1 Å². The third kappa shape index (κ3) is 4.62. The van der Waals surface area contributed by atoms with Gasteiger partial charge in [0.25, 0.3) is 0 Å². The molecule has 2 aliphatic rings. The van der Waals surface area contributed by atoms with Crippen LogP contribution in [0.25, 0.3) is 0 Å². The Kier molecular flexibility index (Phi) is 6.73. The van der Waals surface area contributed by atoms with E-state index in [1.807, 2.05) is 29.2 Å². The van der Waals surface area contributed by atoms with E-state index in [1.165, 1.54) is 0 Å². The smallest absolute Gasteiger partial charge is 0.222 e. The van der Waals surface area contributed by atoms with Gasteiger partial charge >= 0.3 is 0 Å². The zero-order valence-corrected chi connectivity index (χ0v) is 16.8.